The molecule has 7 heterocycles. The fourth-order valence-corrected chi connectivity index (χ4v) is 9.46. The van der Waals surface area contributed by atoms with Crippen molar-refractivity contribution in [1.82, 2.24) is 39.8 Å². The molecule has 0 radical (unpaired) electrons. The number of ether oxygens (including phenoxy) is 2. The van der Waals surface area contributed by atoms with Crippen molar-refractivity contribution in [1.29, 1.82) is 0 Å². The Morgan fingerprint density at radius 1 is 1.03 bits per heavy atom. The van der Waals surface area contributed by atoms with Gasteiger partial charge in [-0.15, -0.1) is 0 Å². The third-order valence-corrected chi connectivity index (χ3v) is 12.9. The highest BCUT2D eigenvalue weighted by molar-refractivity contribution is 6.33. The van der Waals surface area contributed by atoms with Gasteiger partial charge in [0, 0.05) is 88.9 Å². The van der Waals surface area contributed by atoms with Crippen LogP contribution in [0.3, 0.4) is 0 Å². The fourth-order valence-electron chi connectivity index (χ4n) is 9.32. The van der Waals surface area contributed by atoms with E-state index in [1.807, 2.05) is 42.9 Å². The highest BCUT2D eigenvalue weighted by Crippen LogP contribution is 2.39. The summed E-state index contributed by atoms with van der Waals surface area (Å²) in [6.07, 6.45) is 3.42. The van der Waals surface area contributed by atoms with Crippen molar-refractivity contribution in [2.45, 2.75) is 45.1 Å². The molecule has 4 aliphatic heterocycles. The lowest BCUT2D eigenvalue weighted by molar-refractivity contribution is -0.134. The standard InChI is InChI=1S/C43H50ClN11O6/c1-24-20-54(11-10-26(24)21-52-12-14-53(15-13-52)32-7-5-6-29-37(50-51(4)39(29)32)30-8-9-35(56)48-41(30)58)43-46-19-31(44)40(49-43)47-28-16-27-17-34(61-23-36(57)45-3)42(59)55-25(2)22-60-33(18-28)38(27)55/h5-7,16-19,24-26,30H,8-15,20-23H2,1-4H3,(H,45,57)(H,46,47,49)(H,48,56,58)/t24-,25-,26?,30?/m0/s1. The Balaban J connectivity index is 0.841. The number of nitrogens with zero attached hydrogens (tertiary/aromatic N) is 8. The Morgan fingerprint density at radius 3 is 2.62 bits per heavy atom. The molecular formula is C43H50ClN11O6. The number of pyridine rings is 1. The van der Waals surface area contributed by atoms with Gasteiger partial charge in [0.25, 0.3) is 11.5 Å². The number of fused-ring (bicyclic) bond motifs is 1. The smallest absolute Gasteiger partial charge is 0.293 e. The third-order valence-electron chi connectivity index (χ3n) is 12.6. The number of piperidine rings is 2. The molecular weight excluding hydrogens is 802 g/mol. The molecule has 3 saturated heterocycles. The molecule has 3 aromatic heterocycles. The number of carbonyl (C=O) groups excluding carboxylic acids is 3. The van der Waals surface area contributed by atoms with E-state index in [0.29, 0.717) is 70.4 Å². The zero-order chi connectivity index (χ0) is 42.5. The van der Waals surface area contributed by atoms with Crippen LogP contribution in [-0.4, -0.2) is 113 Å². The molecule has 0 saturated carbocycles. The average molecular weight is 852 g/mol. The van der Waals surface area contributed by atoms with Gasteiger partial charge in [-0.3, -0.25) is 38.6 Å². The molecule has 0 bridgehead atoms. The Hall–Kier alpha value is -5.94. The first-order valence-corrected chi connectivity index (χ1v) is 21.3. The van der Waals surface area contributed by atoms with Crippen LogP contribution in [0.25, 0.3) is 21.8 Å². The number of para-hydroxylation sites is 1. The summed E-state index contributed by atoms with van der Waals surface area (Å²) in [5.74, 6) is 1.33. The molecule has 0 spiro atoms. The van der Waals surface area contributed by atoms with Crippen molar-refractivity contribution in [2.75, 3.05) is 81.2 Å². The van der Waals surface area contributed by atoms with E-state index in [2.05, 4.69) is 48.6 Å². The Morgan fingerprint density at radius 2 is 1.85 bits per heavy atom. The SMILES string of the molecule is CNC(=O)COc1cc2cc(Nc3nc(N4CCC(CN5CCN(c6cccc7c(C8CCC(=O)NC8=O)nn(C)c67)CC5)[C@@H](C)C4)ncc3Cl)cc3c2n(c1=O)[C@@H](C)CO3. The van der Waals surface area contributed by atoms with E-state index in [-0.39, 0.29) is 41.7 Å². The second kappa shape index (κ2) is 16.5. The fraction of sp³-hybridized carbons (Fsp3) is 0.465. The number of amides is 3. The number of piperazine rings is 1. The van der Waals surface area contributed by atoms with Gasteiger partial charge in [-0.25, -0.2) is 4.98 Å². The number of aromatic nitrogens is 5. The predicted molar refractivity (Wildman–Crippen MR) is 232 cm³/mol. The van der Waals surface area contributed by atoms with Crippen LogP contribution in [0.2, 0.25) is 5.02 Å². The molecule has 61 heavy (non-hydrogen) atoms. The molecule has 5 aromatic rings. The number of likely N-dealkylation sites (N-methyl/N-ethyl adjacent to an activating group) is 1. The second-order valence-electron chi connectivity index (χ2n) is 16.7. The number of hydrogen-bond acceptors (Lipinski definition) is 13. The van der Waals surface area contributed by atoms with E-state index in [1.165, 1.54) is 7.05 Å². The normalized spacial score (nSPS) is 22.0. The second-order valence-corrected chi connectivity index (χ2v) is 17.1. The minimum atomic E-state index is -0.433. The number of hydrogen-bond donors (Lipinski definition) is 3. The van der Waals surface area contributed by atoms with Crippen molar-refractivity contribution in [3.63, 3.8) is 0 Å². The van der Waals surface area contributed by atoms with Gasteiger partial charge < -0.3 is 29.9 Å². The topological polar surface area (TPSA) is 181 Å². The highest BCUT2D eigenvalue weighted by Gasteiger charge is 2.34. The number of carbonyl (C=O) groups is 3. The van der Waals surface area contributed by atoms with Crippen molar-refractivity contribution in [3.05, 3.63) is 63.7 Å². The van der Waals surface area contributed by atoms with Gasteiger partial charge >= 0.3 is 0 Å². The van der Waals surface area contributed by atoms with E-state index < -0.39 is 5.92 Å². The van der Waals surface area contributed by atoms with Crippen LogP contribution in [0.4, 0.5) is 23.1 Å². The van der Waals surface area contributed by atoms with Crippen molar-refractivity contribution in [2.24, 2.45) is 18.9 Å². The summed E-state index contributed by atoms with van der Waals surface area (Å²) in [6, 6.07) is 11.3. The summed E-state index contributed by atoms with van der Waals surface area (Å²) in [5.41, 5.74) is 3.86. The number of halogens is 1. The molecule has 17 nitrogen and oxygen atoms in total. The number of anilines is 4. The third kappa shape index (κ3) is 7.80. The van der Waals surface area contributed by atoms with E-state index in [0.717, 1.165) is 74.5 Å². The van der Waals surface area contributed by atoms with Gasteiger partial charge in [-0.05, 0) is 49.8 Å². The molecule has 4 aliphatic rings. The van der Waals surface area contributed by atoms with Gasteiger partial charge in [-0.1, -0.05) is 30.7 Å². The summed E-state index contributed by atoms with van der Waals surface area (Å²) in [5, 5.41) is 15.2. The van der Waals surface area contributed by atoms with Crippen molar-refractivity contribution in [3.8, 4) is 11.5 Å². The van der Waals surface area contributed by atoms with Crippen LogP contribution < -0.4 is 40.8 Å². The van der Waals surface area contributed by atoms with Gasteiger partial charge in [0.15, 0.2) is 18.2 Å². The first kappa shape index (κ1) is 40.5. The minimum absolute atomic E-state index is 0.0807. The van der Waals surface area contributed by atoms with Gasteiger partial charge in [-0.2, -0.15) is 10.1 Å². The Bertz CT molecular complexity index is 2610. The Kier molecular flexibility index (Phi) is 10.9. The summed E-state index contributed by atoms with van der Waals surface area (Å²) in [7, 11) is 3.44. The largest absolute Gasteiger partial charge is 0.489 e. The number of aryl methyl sites for hydroxylation is 1. The van der Waals surface area contributed by atoms with Gasteiger partial charge in [0.1, 0.15) is 17.4 Å². The van der Waals surface area contributed by atoms with Gasteiger partial charge in [0.05, 0.1) is 40.6 Å². The van der Waals surface area contributed by atoms with E-state index in [1.54, 1.807) is 16.8 Å². The summed E-state index contributed by atoms with van der Waals surface area (Å²) < 4.78 is 15.3. The molecule has 3 fully saturated rings. The zero-order valence-corrected chi connectivity index (χ0v) is 35.5. The molecule has 9 rings (SSSR count). The zero-order valence-electron chi connectivity index (χ0n) is 34.7. The molecule has 3 N–H and O–H groups in total. The summed E-state index contributed by atoms with van der Waals surface area (Å²) in [4.78, 5) is 66.6. The molecule has 2 unspecified atom stereocenters. The first-order valence-electron chi connectivity index (χ1n) is 21.0. The number of imide groups is 1. The van der Waals surface area contributed by atoms with Crippen LogP contribution in [0.5, 0.6) is 11.5 Å². The number of benzene rings is 2. The maximum absolute atomic E-state index is 13.4. The average Bonchev–Trinajstić information content (AvgIpc) is 3.59. The Labute approximate surface area is 357 Å². The maximum Gasteiger partial charge on any atom is 0.293 e. The minimum Gasteiger partial charge on any atom is -0.489 e. The predicted octanol–water partition coefficient (Wildman–Crippen LogP) is 3.96. The van der Waals surface area contributed by atoms with Crippen LogP contribution in [-0.2, 0) is 21.4 Å². The lowest BCUT2D eigenvalue weighted by Crippen LogP contribution is -2.50. The van der Waals surface area contributed by atoms with Crippen LogP contribution >= 0.6 is 11.6 Å². The molecule has 3 amide bonds. The van der Waals surface area contributed by atoms with Gasteiger partial charge in [0.2, 0.25) is 17.8 Å². The maximum atomic E-state index is 13.4. The summed E-state index contributed by atoms with van der Waals surface area (Å²) in [6.45, 7) is 10.5. The number of nitrogens with one attached hydrogen (secondary N) is 3. The summed E-state index contributed by atoms with van der Waals surface area (Å²) >= 11 is 6.67. The monoisotopic (exact) mass is 851 g/mol. The lowest BCUT2D eigenvalue weighted by Gasteiger charge is -2.42. The number of rotatable bonds is 10. The van der Waals surface area contributed by atoms with Crippen molar-refractivity contribution < 1.29 is 23.9 Å². The lowest BCUT2D eigenvalue weighted by atomic mass is 9.86. The quantitative estimate of drug-likeness (QED) is 0.172. The van der Waals surface area contributed by atoms with Crippen LogP contribution in [0, 0.1) is 11.8 Å². The van der Waals surface area contributed by atoms with E-state index >= 15 is 0 Å². The van der Waals surface area contributed by atoms with Crippen LogP contribution in [0.1, 0.15) is 50.8 Å². The molecule has 320 valence electrons. The molecule has 0 aliphatic carbocycles. The highest BCUT2D eigenvalue weighted by atomic mass is 35.5. The van der Waals surface area contributed by atoms with E-state index in [4.69, 9.17) is 31.2 Å². The van der Waals surface area contributed by atoms with E-state index in [9.17, 15) is 19.2 Å². The van der Waals surface area contributed by atoms with Crippen molar-refractivity contribution >= 4 is 74.3 Å². The molecule has 2 aromatic carbocycles. The molecule has 18 heteroatoms. The van der Waals surface area contributed by atoms with Crippen LogP contribution in [0.15, 0.2) is 47.4 Å². The molecule has 4 atom stereocenters. The first-order chi connectivity index (χ1) is 29.4.